The molecule has 0 atom stereocenters. The lowest BCUT2D eigenvalue weighted by atomic mass is 9.95. The molecule has 2 aromatic rings. The van der Waals surface area contributed by atoms with Gasteiger partial charge in [-0.05, 0) is 31.1 Å². The summed E-state index contributed by atoms with van der Waals surface area (Å²) in [4.78, 5) is 34.4. The average Bonchev–Trinajstić information content (AvgIpc) is 2.79. The van der Waals surface area contributed by atoms with Crippen molar-refractivity contribution in [2.45, 2.75) is 38.1 Å². The molecule has 8 heteroatoms. The van der Waals surface area contributed by atoms with Crippen LogP contribution in [0.4, 0.5) is 5.82 Å². The van der Waals surface area contributed by atoms with Gasteiger partial charge in [0.05, 0.1) is 38.8 Å². The van der Waals surface area contributed by atoms with Gasteiger partial charge in [-0.2, -0.15) is 5.26 Å². The molecule has 0 aromatic carbocycles. The largest absolute Gasteiger partial charge is 0.349 e. The Morgan fingerprint density at radius 2 is 2.00 bits per heavy atom. The van der Waals surface area contributed by atoms with Crippen molar-refractivity contribution >= 4 is 23.4 Å². The molecule has 2 aliphatic rings. The van der Waals surface area contributed by atoms with E-state index in [9.17, 15) is 14.9 Å². The van der Waals surface area contributed by atoms with Crippen molar-refractivity contribution in [1.29, 1.82) is 5.26 Å². The van der Waals surface area contributed by atoms with E-state index in [-0.39, 0.29) is 17.2 Å². The quantitative estimate of drug-likeness (QED) is 0.550. The molecule has 0 spiro atoms. The van der Waals surface area contributed by atoms with Gasteiger partial charge in [0.2, 0.25) is 0 Å². The van der Waals surface area contributed by atoms with Crippen molar-refractivity contribution in [3.63, 3.8) is 0 Å². The van der Waals surface area contributed by atoms with Gasteiger partial charge in [0.1, 0.15) is 23.1 Å². The van der Waals surface area contributed by atoms with Crippen LogP contribution in [0, 0.1) is 11.3 Å². The minimum Gasteiger partial charge on any atom is -0.349 e. The number of carbonyl (C=O) groups is 1. The molecular formula is C23H29N6O2+. The van der Waals surface area contributed by atoms with Gasteiger partial charge in [-0.15, -0.1) is 0 Å². The van der Waals surface area contributed by atoms with Crippen LogP contribution >= 0.6 is 0 Å². The zero-order valence-electron chi connectivity index (χ0n) is 17.9. The highest BCUT2D eigenvalue weighted by molar-refractivity contribution is 6.02. The van der Waals surface area contributed by atoms with Gasteiger partial charge < -0.3 is 15.1 Å². The molecule has 1 aliphatic carbocycles. The molecule has 1 saturated heterocycles. The van der Waals surface area contributed by atoms with E-state index in [1.807, 2.05) is 12.1 Å². The van der Waals surface area contributed by atoms with Crippen LogP contribution in [0.1, 0.15) is 37.7 Å². The van der Waals surface area contributed by atoms with Crippen molar-refractivity contribution in [1.82, 2.24) is 14.7 Å². The summed E-state index contributed by atoms with van der Waals surface area (Å²) in [6.07, 6.45) is 8.30. The first-order valence-corrected chi connectivity index (χ1v) is 11.1. The zero-order chi connectivity index (χ0) is 21.8. The van der Waals surface area contributed by atoms with E-state index < -0.39 is 5.91 Å². The first-order chi connectivity index (χ1) is 15.1. The van der Waals surface area contributed by atoms with Crippen molar-refractivity contribution < 1.29 is 9.69 Å². The predicted octanol–water partition coefficient (Wildman–Crippen LogP) is 0.385. The van der Waals surface area contributed by atoms with Crippen LogP contribution in [0.25, 0.3) is 11.7 Å². The Labute approximate surface area is 181 Å². The van der Waals surface area contributed by atoms with Crippen molar-refractivity contribution in [2.24, 2.45) is 0 Å². The number of hydrogen-bond acceptors (Lipinski definition) is 5. The SMILES string of the molecule is C[NH+]1CCN(c2nc3ccccn3c(=O)c2/C=C(\C#N)C(=O)NC2CCCCC2)CC1. The summed E-state index contributed by atoms with van der Waals surface area (Å²) in [6.45, 7) is 3.40. The van der Waals surface area contributed by atoms with Crippen molar-refractivity contribution in [3.8, 4) is 6.07 Å². The standard InChI is InChI=1S/C23H28N6O2/c1-27-11-13-28(14-12-27)21-19(23(31)29-10-6-5-9-20(29)26-21)15-17(16-24)22(30)25-18-7-3-2-4-8-18/h5-6,9-10,15,18H,2-4,7-8,11-14H2,1H3,(H,25,30)/p+1/b17-15+. The smallest absolute Gasteiger partial charge is 0.267 e. The number of pyridine rings is 1. The first kappa shape index (κ1) is 21.1. The number of carbonyl (C=O) groups excluding carboxylic acids is 1. The number of amides is 1. The molecule has 3 heterocycles. The summed E-state index contributed by atoms with van der Waals surface area (Å²) in [5.41, 5.74) is 0.515. The van der Waals surface area contributed by atoms with E-state index in [2.05, 4.69) is 17.3 Å². The summed E-state index contributed by atoms with van der Waals surface area (Å²) in [7, 11) is 2.14. The van der Waals surface area contributed by atoms with Crippen LogP contribution in [0.3, 0.4) is 0 Å². The topological polar surface area (TPSA) is 94.9 Å². The Morgan fingerprint density at radius 3 is 2.71 bits per heavy atom. The highest BCUT2D eigenvalue weighted by Gasteiger charge is 2.24. The number of quaternary nitrogens is 1. The lowest BCUT2D eigenvalue weighted by Crippen LogP contribution is -3.12. The molecule has 1 aliphatic heterocycles. The number of nitriles is 1. The van der Waals surface area contributed by atoms with Gasteiger partial charge in [-0.1, -0.05) is 25.3 Å². The Bertz CT molecular complexity index is 1090. The number of nitrogens with one attached hydrogen (secondary N) is 2. The second-order valence-corrected chi connectivity index (χ2v) is 8.51. The summed E-state index contributed by atoms with van der Waals surface area (Å²) in [5.74, 6) is 0.127. The molecule has 2 fully saturated rings. The molecular weight excluding hydrogens is 392 g/mol. The molecule has 1 saturated carbocycles. The summed E-state index contributed by atoms with van der Waals surface area (Å²) >= 11 is 0. The third-order valence-corrected chi connectivity index (χ3v) is 6.26. The second kappa shape index (κ2) is 9.31. The normalized spacial score (nSPS) is 18.7. The number of rotatable bonds is 4. The van der Waals surface area contributed by atoms with E-state index >= 15 is 0 Å². The molecule has 8 nitrogen and oxygen atoms in total. The zero-order valence-corrected chi connectivity index (χ0v) is 17.9. The Morgan fingerprint density at radius 1 is 1.26 bits per heavy atom. The number of fused-ring (bicyclic) bond motifs is 1. The molecule has 162 valence electrons. The summed E-state index contributed by atoms with van der Waals surface area (Å²) in [6, 6.07) is 7.49. The maximum atomic E-state index is 13.3. The molecule has 0 bridgehead atoms. The fraction of sp³-hybridized carbons (Fsp3) is 0.478. The molecule has 0 radical (unpaired) electrons. The first-order valence-electron chi connectivity index (χ1n) is 11.1. The minimum atomic E-state index is -0.416. The fourth-order valence-corrected chi connectivity index (χ4v) is 4.36. The molecule has 4 rings (SSSR count). The van der Waals surface area contributed by atoms with Gasteiger partial charge in [-0.3, -0.25) is 14.0 Å². The molecule has 2 aromatic heterocycles. The molecule has 0 unspecified atom stereocenters. The lowest BCUT2D eigenvalue weighted by molar-refractivity contribution is -0.880. The Kier molecular flexibility index (Phi) is 6.33. The van der Waals surface area contributed by atoms with E-state index in [1.165, 1.54) is 21.8 Å². The molecule has 31 heavy (non-hydrogen) atoms. The number of likely N-dealkylation sites (N-methyl/N-ethyl adjacent to an activating group) is 1. The maximum Gasteiger partial charge on any atom is 0.267 e. The van der Waals surface area contributed by atoms with Gasteiger partial charge >= 0.3 is 0 Å². The van der Waals surface area contributed by atoms with E-state index in [1.54, 1.807) is 18.3 Å². The Balaban J connectivity index is 1.74. The van der Waals surface area contributed by atoms with Crippen LogP contribution in [0.2, 0.25) is 0 Å². The van der Waals surface area contributed by atoms with Crippen LogP contribution in [-0.2, 0) is 4.79 Å². The second-order valence-electron chi connectivity index (χ2n) is 8.51. The third kappa shape index (κ3) is 4.62. The number of nitrogens with zero attached hydrogens (tertiary/aromatic N) is 4. The van der Waals surface area contributed by atoms with E-state index in [0.29, 0.717) is 17.0 Å². The van der Waals surface area contributed by atoms with Gasteiger partial charge in [0, 0.05) is 12.2 Å². The van der Waals surface area contributed by atoms with Gasteiger partial charge in [-0.25, -0.2) is 4.98 Å². The summed E-state index contributed by atoms with van der Waals surface area (Å²) < 4.78 is 1.46. The maximum absolute atomic E-state index is 13.3. The van der Waals surface area contributed by atoms with Gasteiger partial charge in [0.25, 0.3) is 11.5 Å². The minimum absolute atomic E-state index is 0.0543. The number of aromatic nitrogens is 2. The van der Waals surface area contributed by atoms with E-state index in [0.717, 1.165) is 51.9 Å². The highest BCUT2D eigenvalue weighted by atomic mass is 16.2. The average molecular weight is 422 g/mol. The monoisotopic (exact) mass is 421 g/mol. The molecule has 1 amide bonds. The number of anilines is 1. The van der Waals surface area contributed by atoms with Crippen LogP contribution in [0.5, 0.6) is 0 Å². The number of hydrogen-bond donors (Lipinski definition) is 2. The van der Waals surface area contributed by atoms with Crippen LogP contribution < -0.4 is 20.7 Å². The lowest BCUT2D eigenvalue weighted by Gasteiger charge is -2.31. The third-order valence-electron chi connectivity index (χ3n) is 6.26. The molecule has 2 N–H and O–H groups in total. The highest BCUT2D eigenvalue weighted by Crippen LogP contribution is 2.21. The summed E-state index contributed by atoms with van der Waals surface area (Å²) in [5, 5.41) is 12.7. The van der Waals surface area contributed by atoms with Crippen LogP contribution in [-0.4, -0.2) is 54.6 Å². The fourth-order valence-electron chi connectivity index (χ4n) is 4.36. The predicted molar refractivity (Wildman–Crippen MR) is 119 cm³/mol. The Hall–Kier alpha value is -3.18. The van der Waals surface area contributed by atoms with Crippen molar-refractivity contribution in [3.05, 3.63) is 45.9 Å². The van der Waals surface area contributed by atoms with Crippen molar-refractivity contribution in [2.75, 3.05) is 38.1 Å². The van der Waals surface area contributed by atoms with E-state index in [4.69, 9.17) is 4.98 Å². The number of piperazine rings is 1. The van der Waals surface area contributed by atoms with Gasteiger partial charge in [0.15, 0.2) is 0 Å². The van der Waals surface area contributed by atoms with Crippen LogP contribution in [0.15, 0.2) is 34.8 Å².